The van der Waals surface area contributed by atoms with Gasteiger partial charge < -0.3 is 5.32 Å². The molecule has 1 heterocycles. The lowest BCUT2D eigenvalue weighted by molar-refractivity contribution is -0.121. The van der Waals surface area contributed by atoms with Crippen LogP contribution in [0.25, 0.3) is 0 Å². The Morgan fingerprint density at radius 3 is 1.64 bits per heavy atom. The average Bonchev–Trinajstić information content (AvgIpc) is 2.08. The van der Waals surface area contributed by atoms with Crippen LogP contribution in [0, 0.1) is 10.8 Å². The highest BCUT2D eigenvalue weighted by molar-refractivity contribution is 5.83. The molecule has 1 saturated heterocycles. The van der Waals surface area contributed by atoms with Gasteiger partial charge in [-0.25, -0.2) is 0 Å². The van der Waals surface area contributed by atoms with Gasteiger partial charge in [-0.15, -0.1) is 0 Å². The zero-order chi connectivity index (χ0) is 11.4. The van der Waals surface area contributed by atoms with Crippen molar-refractivity contribution in [3.63, 3.8) is 0 Å². The van der Waals surface area contributed by atoms with Gasteiger partial charge in [0.25, 0.3) is 0 Å². The summed E-state index contributed by atoms with van der Waals surface area (Å²) in [7, 11) is 0. The van der Waals surface area contributed by atoms with Crippen molar-refractivity contribution in [1.82, 2.24) is 5.32 Å². The summed E-state index contributed by atoms with van der Waals surface area (Å²) in [6, 6.07) is -0.0208. The van der Waals surface area contributed by atoms with Crippen molar-refractivity contribution in [2.24, 2.45) is 10.8 Å². The Balaban J connectivity index is 3.18. The van der Waals surface area contributed by atoms with Crippen LogP contribution < -0.4 is 5.32 Å². The van der Waals surface area contributed by atoms with E-state index in [4.69, 9.17) is 0 Å². The Bertz CT molecular complexity index is 263. The molecule has 0 aromatic heterocycles. The van der Waals surface area contributed by atoms with Crippen LogP contribution in [0.3, 0.4) is 0 Å². The summed E-state index contributed by atoms with van der Waals surface area (Å²) < 4.78 is 0. The third-order valence-electron chi connectivity index (χ3n) is 4.81. The third kappa shape index (κ3) is 1.23. The van der Waals surface area contributed by atoms with Crippen LogP contribution in [0.4, 0.5) is 0 Å². The quantitative estimate of drug-likeness (QED) is 0.699. The zero-order valence-corrected chi connectivity index (χ0v) is 10.5. The monoisotopic (exact) mass is 197 g/mol. The van der Waals surface area contributed by atoms with Crippen molar-refractivity contribution in [2.45, 2.75) is 60.0 Å². The molecule has 1 rings (SSSR count). The zero-order valence-electron chi connectivity index (χ0n) is 10.5. The van der Waals surface area contributed by atoms with Gasteiger partial charge in [0.2, 0.25) is 0 Å². The summed E-state index contributed by atoms with van der Waals surface area (Å²) in [4.78, 5) is 11.6. The van der Waals surface area contributed by atoms with Gasteiger partial charge in [-0.05, 0) is 31.6 Å². The molecule has 14 heavy (non-hydrogen) atoms. The number of carbonyl (C=O) groups is 1. The number of nitrogens with one attached hydrogen (secondary N) is 1. The van der Waals surface area contributed by atoms with Crippen LogP contribution in [0.1, 0.15) is 48.5 Å². The molecule has 1 atom stereocenters. The Kier molecular flexibility index (Phi) is 2.35. The molecular formula is C12H23NO. The van der Waals surface area contributed by atoms with E-state index >= 15 is 0 Å². The predicted octanol–water partition coefficient (Wildman–Crippen LogP) is 2.38. The Hall–Kier alpha value is -0.370. The van der Waals surface area contributed by atoms with Crippen molar-refractivity contribution in [3.05, 3.63) is 0 Å². The summed E-state index contributed by atoms with van der Waals surface area (Å²) in [6.45, 7) is 14.9. The van der Waals surface area contributed by atoms with Gasteiger partial charge in [0.15, 0.2) is 0 Å². The van der Waals surface area contributed by atoms with Crippen LogP contribution in [-0.2, 0) is 4.79 Å². The maximum atomic E-state index is 11.6. The van der Waals surface area contributed by atoms with E-state index in [-0.39, 0.29) is 28.2 Å². The molecule has 0 aromatic rings. The van der Waals surface area contributed by atoms with Crippen molar-refractivity contribution in [1.29, 1.82) is 0 Å². The fourth-order valence-corrected chi connectivity index (χ4v) is 2.50. The second-order valence-electron chi connectivity index (χ2n) is 6.16. The van der Waals surface area contributed by atoms with Crippen LogP contribution in [0.15, 0.2) is 0 Å². The first-order chi connectivity index (χ1) is 6.04. The van der Waals surface area contributed by atoms with E-state index in [0.29, 0.717) is 0 Å². The highest BCUT2D eigenvalue weighted by atomic mass is 16.1. The van der Waals surface area contributed by atoms with E-state index in [1.165, 1.54) is 0 Å². The van der Waals surface area contributed by atoms with Gasteiger partial charge in [-0.2, -0.15) is 0 Å². The molecule has 0 bridgehead atoms. The third-order valence-corrected chi connectivity index (χ3v) is 4.81. The SMILES string of the molecule is CC(=O)[C@H]1NC(C)(C)C(C)(C)C1(C)C. The number of hydrogen-bond donors (Lipinski definition) is 1. The van der Waals surface area contributed by atoms with Crippen LogP contribution in [-0.4, -0.2) is 17.4 Å². The molecule has 0 aromatic carbocycles. The van der Waals surface area contributed by atoms with E-state index in [2.05, 4.69) is 46.9 Å². The smallest absolute Gasteiger partial charge is 0.147 e. The maximum absolute atomic E-state index is 11.6. The second kappa shape index (κ2) is 2.82. The fraction of sp³-hybridized carbons (Fsp3) is 0.917. The number of carbonyl (C=O) groups excluding carboxylic acids is 1. The van der Waals surface area contributed by atoms with Gasteiger partial charge in [0, 0.05) is 5.54 Å². The normalized spacial score (nSPS) is 32.9. The fourth-order valence-electron chi connectivity index (χ4n) is 2.50. The molecule has 1 fully saturated rings. The summed E-state index contributed by atoms with van der Waals surface area (Å²) in [5.74, 6) is 0.244. The summed E-state index contributed by atoms with van der Waals surface area (Å²) in [5, 5.41) is 3.46. The molecule has 0 unspecified atom stereocenters. The van der Waals surface area contributed by atoms with E-state index in [1.807, 2.05) is 0 Å². The molecule has 1 aliphatic rings. The molecule has 2 nitrogen and oxygen atoms in total. The van der Waals surface area contributed by atoms with Crippen LogP contribution >= 0.6 is 0 Å². The standard InChI is InChI=1S/C12H23NO/c1-8(14)9-10(2,3)11(4,5)12(6,7)13-9/h9,13H,1-7H3/t9-/m1/s1. The molecule has 0 saturated carbocycles. The first-order valence-electron chi connectivity index (χ1n) is 5.32. The summed E-state index contributed by atoms with van der Waals surface area (Å²) in [5.41, 5.74) is 0.117. The minimum atomic E-state index is -0.0208. The van der Waals surface area contributed by atoms with Gasteiger partial charge in [-0.3, -0.25) is 4.79 Å². The first-order valence-corrected chi connectivity index (χ1v) is 5.32. The van der Waals surface area contributed by atoms with E-state index in [9.17, 15) is 4.79 Å². The van der Waals surface area contributed by atoms with Gasteiger partial charge >= 0.3 is 0 Å². The molecule has 1 aliphatic heterocycles. The van der Waals surface area contributed by atoms with Crippen molar-refractivity contribution < 1.29 is 4.79 Å². The second-order valence-corrected chi connectivity index (χ2v) is 6.16. The number of hydrogen-bond acceptors (Lipinski definition) is 2. The Morgan fingerprint density at radius 1 is 1.07 bits per heavy atom. The van der Waals surface area contributed by atoms with Crippen molar-refractivity contribution >= 4 is 5.78 Å². The lowest BCUT2D eigenvalue weighted by Gasteiger charge is -2.43. The number of rotatable bonds is 1. The maximum Gasteiger partial charge on any atom is 0.147 e. The highest BCUT2D eigenvalue weighted by Crippen LogP contribution is 2.54. The molecule has 1 N–H and O–H groups in total. The lowest BCUT2D eigenvalue weighted by Crippen LogP contribution is -2.46. The van der Waals surface area contributed by atoms with Gasteiger partial charge in [-0.1, -0.05) is 27.7 Å². The summed E-state index contributed by atoms with van der Waals surface area (Å²) in [6.07, 6.45) is 0. The topological polar surface area (TPSA) is 29.1 Å². The molecule has 0 aliphatic carbocycles. The Morgan fingerprint density at radius 2 is 1.50 bits per heavy atom. The molecule has 2 heteroatoms. The highest BCUT2D eigenvalue weighted by Gasteiger charge is 2.59. The molecule has 82 valence electrons. The van der Waals surface area contributed by atoms with Crippen molar-refractivity contribution in [3.8, 4) is 0 Å². The van der Waals surface area contributed by atoms with E-state index in [0.717, 1.165) is 0 Å². The average molecular weight is 197 g/mol. The van der Waals surface area contributed by atoms with Gasteiger partial charge in [0.05, 0.1) is 6.04 Å². The number of ketones is 1. The molecular weight excluding hydrogens is 174 g/mol. The molecule has 0 spiro atoms. The minimum absolute atomic E-state index is 0.00231. The summed E-state index contributed by atoms with van der Waals surface area (Å²) >= 11 is 0. The minimum Gasteiger partial charge on any atom is -0.301 e. The van der Waals surface area contributed by atoms with Crippen LogP contribution in [0.2, 0.25) is 0 Å². The first kappa shape index (κ1) is 11.7. The van der Waals surface area contributed by atoms with Crippen LogP contribution in [0.5, 0.6) is 0 Å². The Labute approximate surface area is 87.5 Å². The predicted molar refractivity (Wildman–Crippen MR) is 59.2 cm³/mol. The van der Waals surface area contributed by atoms with Gasteiger partial charge in [0.1, 0.15) is 5.78 Å². The van der Waals surface area contributed by atoms with E-state index in [1.54, 1.807) is 6.92 Å². The molecule has 0 radical (unpaired) electrons. The van der Waals surface area contributed by atoms with E-state index < -0.39 is 0 Å². The van der Waals surface area contributed by atoms with Crippen molar-refractivity contribution in [2.75, 3.05) is 0 Å². The lowest BCUT2D eigenvalue weighted by atomic mass is 9.60. The number of Topliss-reactive ketones (excluding diaryl/α,β-unsaturated/α-hetero) is 1. The molecule has 0 amide bonds. The largest absolute Gasteiger partial charge is 0.301 e.